The van der Waals surface area contributed by atoms with Crippen molar-refractivity contribution >= 4 is 34.7 Å². The summed E-state index contributed by atoms with van der Waals surface area (Å²) in [6, 6.07) is 9.99. The predicted molar refractivity (Wildman–Crippen MR) is 91.8 cm³/mol. The molecule has 0 atom stereocenters. The van der Waals surface area contributed by atoms with Crippen molar-refractivity contribution in [1.82, 2.24) is 9.97 Å². The first-order valence-corrected chi connectivity index (χ1v) is 8.15. The molecule has 3 rings (SSSR count). The molecule has 0 aliphatic carbocycles. The van der Waals surface area contributed by atoms with Gasteiger partial charge in [-0.25, -0.2) is 9.97 Å². The minimum absolute atomic E-state index is 0.0921. The molecular weight excluding hydrogens is 350 g/mol. The third-order valence-electron chi connectivity index (χ3n) is 2.98. The minimum Gasteiger partial charge on any atom is -0.504 e. The van der Waals surface area contributed by atoms with E-state index >= 15 is 0 Å². The Morgan fingerprint density at radius 1 is 1.29 bits per heavy atom. The van der Waals surface area contributed by atoms with Crippen LogP contribution in [-0.4, -0.2) is 21.0 Å². The van der Waals surface area contributed by atoms with Crippen molar-refractivity contribution in [2.24, 2.45) is 0 Å². The number of halogens is 1. The van der Waals surface area contributed by atoms with Crippen LogP contribution in [0.5, 0.6) is 11.5 Å². The highest BCUT2D eigenvalue weighted by molar-refractivity contribution is 7.09. The zero-order valence-corrected chi connectivity index (χ0v) is 13.8. The number of carbonyl (C=O) groups is 1. The summed E-state index contributed by atoms with van der Waals surface area (Å²) in [5, 5.41) is 15.0. The SMILES string of the molecule is O=C(Nc1ncccc1O)c1csc(COc2ccc(Cl)cc2)n1. The number of aromatic nitrogens is 2. The van der Waals surface area contributed by atoms with Gasteiger partial charge in [0, 0.05) is 16.6 Å². The van der Waals surface area contributed by atoms with Gasteiger partial charge in [0.1, 0.15) is 23.1 Å². The number of amides is 1. The molecule has 1 aromatic carbocycles. The topological polar surface area (TPSA) is 84.3 Å². The smallest absolute Gasteiger partial charge is 0.276 e. The molecule has 0 saturated heterocycles. The molecule has 0 fully saturated rings. The highest BCUT2D eigenvalue weighted by Crippen LogP contribution is 2.21. The maximum absolute atomic E-state index is 12.1. The Morgan fingerprint density at radius 3 is 2.83 bits per heavy atom. The molecule has 2 aromatic heterocycles. The van der Waals surface area contributed by atoms with Gasteiger partial charge in [0.25, 0.3) is 5.91 Å². The maximum atomic E-state index is 12.1. The van der Waals surface area contributed by atoms with Gasteiger partial charge in [-0.3, -0.25) is 4.79 Å². The molecule has 3 aromatic rings. The molecule has 0 saturated carbocycles. The number of thiazole rings is 1. The van der Waals surface area contributed by atoms with Crippen LogP contribution in [0.2, 0.25) is 5.02 Å². The number of hydrogen-bond acceptors (Lipinski definition) is 6. The molecule has 0 spiro atoms. The highest BCUT2D eigenvalue weighted by atomic mass is 35.5. The molecular formula is C16H12ClN3O3S. The monoisotopic (exact) mass is 361 g/mol. The number of ether oxygens (including phenoxy) is 1. The molecule has 0 unspecified atom stereocenters. The number of benzene rings is 1. The van der Waals surface area contributed by atoms with Gasteiger partial charge in [0.2, 0.25) is 0 Å². The first-order valence-electron chi connectivity index (χ1n) is 6.90. The van der Waals surface area contributed by atoms with Crippen molar-refractivity contribution in [2.45, 2.75) is 6.61 Å². The summed E-state index contributed by atoms with van der Waals surface area (Å²) < 4.78 is 5.58. The van der Waals surface area contributed by atoms with E-state index in [2.05, 4.69) is 15.3 Å². The Morgan fingerprint density at radius 2 is 2.08 bits per heavy atom. The van der Waals surface area contributed by atoms with Gasteiger partial charge in [-0.2, -0.15) is 0 Å². The van der Waals surface area contributed by atoms with Crippen LogP contribution in [0.3, 0.4) is 0 Å². The van der Waals surface area contributed by atoms with Crippen molar-refractivity contribution in [3.63, 3.8) is 0 Å². The minimum atomic E-state index is -0.446. The second-order valence-corrected chi connectivity index (χ2v) is 6.07. The van der Waals surface area contributed by atoms with Gasteiger partial charge in [0.05, 0.1) is 0 Å². The summed E-state index contributed by atoms with van der Waals surface area (Å²) in [7, 11) is 0. The predicted octanol–water partition coefficient (Wildman–Crippen LogP) is 3.73. The summed E-state index contributed by atoms with van der Waals surface area (Å²) in [4.78, 5) is 20.2. The third kappa shape index (κ3) is 4.01. The van der Waals surface area contributed by atoms with E-state index in [0.29, 0.717) is 15.8 Å². The van der Waals surface area contributed by atoms with Crippen LogP contribution in [0.1, 0.15) is 15.5 Å². The van der Waals surface area contributed by atoms with E-state index in [-0.39, 0.29) is 23.9 Å². The van der Waals surface area contributed by atoms with Crippen LogP contribution in [0.15, 0.2) is 48.0 Å². The Balaban J connectivity index is 1.61. The Bertz CT molecular complexity index is 852. The van der Waals surface area contributed by atoms with Crippen molar-refractivity contribution < 1.29 is 14.6 Å². The third-order valence-corrected chi connectivity index (χ3v) is 4.05. The average Bonchev–Trinajstić information content (AvgIpc) is 3.06. The molecule has 0 aliphatic rings. The number of anilines is 1. The van der Waals surface area contributed by atoms with Crippen LogP contribution in [0.4, 0.5) is 5.82 Å². The largest absolute Gasteiger partial charge is 0.504 e. The van der Waals surface area contributed by atoms with Crippen molar-refractivity contribution in [1.29, 1.82) is 0 Å². The van der Waals surface area contributed by atoms with E-state index in [1.165, 1.54) is 23.6 Å². The second-order valence-electron chi connectivity index (χ2n) is 4.69. The fraction of sp³-hybridized carbons (Fsp3) is 0.0625. The van der Waals surface area contributed by atoms with Crippen LogP contribution < -0.4 is 10.1 Å². The number of nitrogens with zero attached hydrogens (tertiary/aromatic N) is 2. The number of hydrogen-bond donors (Lipinski definition) is 2. The lowest BCUT2D eigenvalue weighted by atomic mass is 10.3. The molecule has 2 N–H and O–H groups in total. The normalized spacial score (nSPS) is 10.4. The Hall–Kier alpha value is -2.64. The van der Waals surface area contributed by atoms with Gasteiger partial charge < -0.3 is 15.2 Å². The molecule has 0 radical (unpaired) electrons. The fourth-order valence-corrected chi connectivity index (χ4v) is 2.63. The van der Waals surface area contributed by atoms with Gasteiger partial charge in [-0.05, 0) is 36.4 Å². The summed E-state index contributed by atoms with van der Waals surface area (Å²) >= 11 is 7.12. The Kier molecular flexibility index (Phi) is 4.93. The van der Waals surface area contributed by atoms with Crippen molar-refractivity contribution in [3.05, 3.63) is 63.7 Å². The maximum Gasteiger partial charge on any atom is 0.276 e. The van der Waals surface area contributed by atoms with E-state index in [1.54, 1.807) is 35.7 Å². The average molecular weight is 362 g/mol. The number of aromatic hydroxyl groups is 1. The second kappa shape index (κ2) is 7.29. The van der Waals surface area contributed by atoms with Crippen LogP contribution in [0, 0.1) is 0 Å². The van der Waals surface area contributed by atoms with Crippen LogP contribution >= 0.6 is 22.9 Å². The van der Waals surface area contributed by atoms with E-state index in [4.69, 9.17) is 16.3 Å². The fourth-order valence-electron chi connectivity index (χ4n) is 1.82. The van der Waals surface area contributed by atoms with E-state index in [0.717, 1.165) is 0 Å². The van der Waals surface area contributed by atoms with E-state index in [9.17, 15) is 9.90 Å². The van der Waals surface area contributed by atoms with Crippen molar-refractivity contribution in [2.75, 3.05) is 5.32 Å². The summed E-state index contributed by atoms with van der Waals surface area (Å²) in [6.07, 6.45) is 1.47. The molecule has 8 heteroatoms. The number of rotatable bonds is 5. The lowest BCUT2D eigenvalue weighted by molar-refractivity contribution is 0.102. The first kappa shape index (κ1) is 16.2. The molecule has 122 valence electrons. The van der Waals surface area contributed by atoms with E-state index in [1.807, 2.05) is 0 Å². The van der Waals surface area contributed by atoms with Gasteiger partial charge in [-0.15, -0.1) is 11.3 Å². The molecule has 1 amide bonds. The highest BCUT2D eigenvalue weighted by Gasteiger charge is 2.13. The number of pyridine rings is 1. The van der Waals surface area contributed by atoms with Gasteiger partial charge >= 0.3 is 0 Å². The van der Waals surface area contributed by atoms with Crippen LogP contribution in [0.25, 0.3) is 0 Å². The van der Waals surface area contributed by atoms with E-state index < -0.39 is 5.91 Å². The van der Waals surface area contributed by atoms with Crippen LogP contribution in [-0.2, 0) is 6.61 Å². The summed E-state index contributed by atoms with van der Waals surface area (Å²) in [6.45, 7) is 0.244. The number of carbonyl (C=O) groups excluding carboxylic acids is 1. The standard InChI is InChI=1S/C16H12ClN3O3S/c17-10-3-5-11(6-4-10)23-8-14-19-12(9-24-14)16(22)20-15-13(21)2-1-7-18-15/h1-7,9,21H,8H2,(H,18,20,22). The number of nitrogens with one attached hydrogen (secondary N) is 1. The molecule has 0 aliphatic heterocycles. The first-order chi connectivity index (χ1) is 11.6. The molecule has 2 heterocycles. The zero-order chi connectivity index (χ0) is 16.9. The molecule has 6 nitrogen and oxygen atoms in total. The summed E-state index contributed by atoms with van der Waals surface area (Å²) in [5.41, 5.74) is 0.236. The molecule has 0 bridgehead atoms. The van der Waals surface area contributed by atoms with Crippen molar-refractivity contribution in [3.8, 4) is 11.5 Å². The zero-order valence-electron chi connectivity index (χ0n) is 12.3. The summed E-state index contributed by atoms with van der Waals surface area (Å²) in [5.74, 6) is 0.207. The molecule has 24 heavy (non-hydrogen) atoms. The quantitative estimate of drug-likeness (QED) is 0.723. The Labute approximate surface area is 146 Å². The lowest BCUT2D eigenvalue weighted by Gasteiger charge is -2.04. The van der Waals surface area contributed by atoms with Gasteiger partial charge in [0.15, 0.2) is 11.6 Å². The van der Waals surface area contributed by atoms with Gasteiger partial charge in [-0.1, -0.05) is 11.6 Å². The lowest BCUT2D eigenvalue weighted by Crippen LogP contribution is -2.13.